The van der Waals surface area contributed by atoms with E-state index in [1.165, 1.54) is 6.92 Å². The van der Waals surface area contributed by atoms with Crippen LogP contribution in [0.4, 0.5) is 0 Å². The molecule has 3 nitrogen and oxygen atoms in total. The summed E-state index contributed by atoms with van der Waals surface area (Å²) in [5.74, 6) is 0.209. The molecule has 0 aliphatic heterocycles. The van der Waals surface area contributed by atoms with Crippen molar-refractivity contribution in [1.29, 1.82) is 0 Å². The van der Waals surface area contributed by atoms with E-state index in [-0.39, 0.29) is 5.97 Å². The Morgan fingerprint density at radius 3 is 2.72 bits per heavy atom. The van der Waals surface area contributed by atoms with Crippen LogP contribution in [0.5, 0.6) is 5.75 Å². The van der Waals surface area contributed by atoms with Gasteiger partial charge in [0, 0.05) is 34.3 Å². The van der Waals surface area contributed by atoms with E-state index in [0.29, 0.717) is 10.8 Å². The average Bonchev–Trinajstić information content (AvgIpc) is 2.65. The highest BCUT2D eigenvalue weighted by atomic mass is 35.5. The number of ether oxygens (including phenoxy) is 1. The van der Waals surface area contributed by atoms with Gasteiger partial charge in [0.2, 0.25) is 0 Å². The summed E-state index contributed by atoms with van der Waals surface area (Å²) < 4.78 is 5.06. The average molecular weight is 260 g/mol. The number of benzene rings is 2. The fraction of sp³-hybridized carbons (Fsp3) is 0.0714. The summed E-state index contributed by atoms with van der Waals surface area (Å²) >= 11 is 5.99. The Kier molecular flexibility index (Phi) is 2.49. The first kappa shape index (κ1) is 11.1. The highest BCUT2D eigenvalue weighted by Gasteiger charge is 2.06. The molecule has 1 heterocycles. The summed E-state index contributed by atoms with van der Waals surface area (Å²) in [7, 11) is 0. The third kappa shape index (κ3) is 1.83. The number of hydrogen-bond donors (Lipinski definition) is 1. The second-order valence-corrected chi connectivity index (χ2v) is 4.55. The van der Waals surface area contributed by atoms with Crippen molar-refractivity contribution >= 4 is 39.4 Å². The van der Waals surface area contributed by atoms with Crippen molar-refractivity contribution in [3.63, 3.8) is 0 Å². The summed E-state index contributed by atoms with van der Waals surface area (Å²) in [6.07, 6.45) is 0. The lowest BCUT2D eigenvalue weighted by Crippen LogP contribution is -2.00. The highest BCUT2D eigenvalue weighted by molar-refractivity contribution is 6.31. The number of carbonyl (C=O) groups is 1. The van der Waals surface area contributed by atoms with Crippen LogP contribution in [0.2, 0.25) is 5.02 Å². The summed E-state index contributed by atoms with van der Waals surface area (Å²) in [5, 5.41) is 2.82. The maximum Gasteiger partial charge on any atom is 0.308 e. The monoisotopic (exact) mass is 259 g/mol. The third-order valence-electron chi connectivity index (χ3n) is 2.79. The summed E-state index contributed by atoms with van der Waals surface area (Å²) in [6.45, 7) is 1.38. The number of esters is 1. The van der Waals surface area contributed by atoms with Crippen molar-refractivity contribution < 1.29 is 9.53 Å². The molecule has 0 atom stereocenters. The fourth-order valence-corrected chi connectivity index (χ4v) is 2.26. The van der Waals surface area contributed by atoms with E-state index in [1.807, 2.05) is 30.3 Å². The van der Waals surface area contributed by atoms with E-state index in [0.717, 1.165) is 21.8 Å². The minimum atomic E-state index is -0.325. The van der Waals surface area contributed by atoms with Gasteiger partial charge in [0.15, 0.2) is 0 Å². The standard InChI is InChI=1S/C14H10ClNO2/c1-8(17)18-10-3-4-11-12-6-9(15)2-5-13(12)16-14(11)7-10/h2-7,16H,1H3. The lowest BCUT2D eigenvalue weighted by Gasteiger charge is -2.00. The number of halogens is 1. The fourth-order valence-electron chi connectivity index (χ4n) is 2.08. The number of hydrogen-bond acceptors (Lipinski definition) is 2. The quantitative estimate of drug-likeness (QED) is 0.532. The molecular weight excluding hydrogens is 250 g/mol. The summed E-state index contributed by atoms with van der Waals surface area (Å²) in [5.41, 5.74) is 1.93. The highest BCUT2D eigenvalue weighted by Crippen LogP contribution is 2.30. The Morgan fingerprint density at radius 2 is 1.94 bits per heavy atom. The van der Waals surface area contributed by atoms with Crippen LogP contribution in [-0.2, 0) is 4.79 Å². The molecule has 3 rings (SSSR count). The number of aromatic amines is 1. The third-order valence-corrected chi connectivity index (χ3v) is 3.03. The van der Waals surface area contributed by atoms with E-state index in [4.69, 9.17) is 16.3 Å². The van der Waals surface area contributed by atoms with E-state index < -0.39 is 0 Å². The molecule has 1 N–H and O–H groups in total. The molecule has 1 aromatic heterocycles. The molecule has 3 aromatic rings. The number of nitrogens with one attached hydrogen (secondary N) is 1. The minimum Gasteiger partial charge on any atom is -0.427 e. The molecule has 90 valence electrons. The second-order valence-electron chi connectivity index (χ2n) is 4.12. The van der Waals surface area contributed by atoms with Gasteiger partial charge in [-0.15, -0.1) is 0 Å². The Bertz CT molecular complexity index is 761. The molecule has 0 saturated heterocycles. The van der Waals surface area contributed by atoms with Crippen LogP contribution in [0.15, 0.2) is 36.4 Å². The zero-order valence-corrected chi connectivity index (χ0v) is 10.4. The van der Waals surface area contributed by atoms with Gasteiger partial charge in [-0.25, -0.2) is 0 Å². The Morgan fingerprint density at radius 1 is 1.11 bits per heavy atom. The van der Waals surface area contributed by atoms with Gasteiger partial charge in [0.1, 0.15) is 5.75 Å². The van der Waals surface area contributed by atoms with Crippen LogP contribution in [-0.4, -0.2) is 11.0 Å². The first-order chi connectivity index (χ1) is 8.63. The molecule has 0 aliphatic carbocycles. The van der Waals surface area contributed by atoms with Crippen LogP contribution in [0, 0.1) is 0 Å². The van der Waals surface area contributed by atoms with E-state index in [2.05, 4.69) is 4.98 Å². The lowest BCUT2D eigenvalue weighted by atomic mass is 10.1. The Balaban J connectivity index is 2.23. The van der Waals surface area contributed by atoms with Crippen molar-refractivity contribution in [2.75, 3.05) is 0 Å². The molecule has 0 radical (unpaired) electrons. The molecule has 0 spiro atoms. The molecule has 0 fully saturated rings. The molecule has 4 heteroatoms. The number of aromatic nitrogens is 1. The van der Waals surface area contributed by atoms with Crippen LogP contribution >= 0.6 is 11.6 Å². The first-order valence-corrected chi connectivity index (χ1v) is 5.91. The zero-order valence-electron chi connectivity index (χ0n) is 9.66. The van der Waals surface area contributed by atoms with Crippen LogP contribution in [0.3, 0.4) is 0 Å². The van der Waals surface area contributed by atoms with Crippen LogP contribution in [0.1, 0.15) is 6.92 Å². The smallest absolute Gasteiger partial charge is 0.308 e. The van der Waals surface area contributed by atoms with Crippen molar-refractivity contribution in [3.8, 4) is 5.75 Å². The summed E-state index contributed by atoms with van der Waals surface area (Å²) in [6, 6.07) is 11.2. The summed E-state index contributed by atoms with van der Waals surface area (Å²) in [4.78, 5) is 14.2. The molecule has 0 unspecified atom stereocenters. The Hall–Kier alpha value is -2.00. The van der Waals surface area contributed by atoms with Crippen molar-refractivity contribution in [1.82, 2.24) is 4.98 Å². The predicted octanol–water partition coefficient (Wildman–Crippen LogP) is 3.90. The van der Waals surface area contributed by atoms with Crippen molar-refractivity contribution in [2.45, 2.75) is 6.92 Å². The SMILES string of the molecule is CC(=O)Oc1ccc2c(c1)[nH]c1ccc(Cl)cc12. The molecule has 2 aromatic carbocycles. The zero-order chi connectivity index (χ0) is 12.7. The van der Waals surface area contributed by atoms with Gasteiger partial charge in [-0.1, -0.05) is 11.6 Å². The van der Waals surface area contributed by atoms with Crippen LogP contribution in [0.25, 0.3) is 21.8 Å². The topological polar surface area (TPSA) is 42.1 Å². The van der Waals surface area contributed by atoms with Gasteiger partial charge >= 0.3 is 5.97 Å². The minimum absolute atomic E-state index is 0.325. The Labute approximate surface area is 108 Å². The van der Waals surface area contributed by atoms with Crippen LogP contribution < -0.4 is 4.74 Å². The number of H-pyrrole nitrogens is 1. The maximum absolute atomic E-state index is 10.9. The van der Waals surface area contributed by atoms with E-state index in [1.54, 1.807) is 6.07 Å². The van der Waals surface area contributed by atoms with Gasteiger partial charge < -0.3 is 9.72 Å². The van der Waals surface area contributed by atoms with Gasteiger partial charge in [0.25, 0.3) is 0 Å². The maximum atomic E-state index is 10.9. The molecule has 0 amide bonds. The number of carbonyl (C=O) groups excluding carboxylic acids is 1. The molecule has 0 bridgehead atoms. The lowest BCUT2D eigenvalue weighted by molar-refractivity contribution is -0.131. The van der Waals surface area contributed by atoms with Crippen molar-refractivity contribution in [3.05, 3.63) is 41.4 Å². The van der Waals surface area contributed by atoms with Gasteiger partial charge in [-0.2, -0.15) is 0 Å². The molecular formula is C14H10ClNO2. The number of rotatable bonds is 1. The van der Waals surface area contributed by atoms with Crippen molar-refractivity contribution in [2.24, 2.45) is 0 Å². The predicted molar refractivity (Wildman–Crippen MR) is 72.1 cm³/mol. The second kappa shape index (κ2) is 4.03. The normalized spacial score (nSPS) is 11.0. The molecule has 18 heavy (non-hydrogen) atoms. The van der Waals surface area contributed by atoms with Gasteiger partial charge in [0.05, 0.1) is 5.52 Å². The van der Waals surface area contributed by atoms with E-state index in [9.17, 15) is 4.79 Å². The first-order valence-electron chi connectivity index (χ1n) is 5.53. The largest absolute Gasteiger partial charge is 0.427 e. The molecule has 0 aliphatic rings. The van der Waals surface area contributed by atoms with E-state index >= 15 is 0 Å². The van der Waals surface area contributed by atoms with Gasteiger partial charge in [-0.05, 0) is 30.3 Å². The van der Waals surface area contributed by atoms with Gasteiger partial charge in [-0.3, -0.25) is 4.79 Å². The molecule has 0 saturated carbocycles. The number of fused-ring (bicyclic) bond motifs is 3.